The lowest BCUT2D eigenvalue weighted by atomic mass is 10.1. The number of carbonyl (C=O) groups excluding carboxylic acids is 1. The van der Waals surface area contributed by atoms with E-state index in [4.69, 9.17) is 4.42 Å². The number of anilines is 1. The normalized spacial score (nSPS) is 11.0. The van der Waals surface area contributed by atoms with Crippen LogP contribution in [0.5, 0.6) is 0 Å². The summed E-state index contributed by atoms with van der Waals surface area (Å²) in [6.45, 7) is 0.0219. The highest BCUT2D eigenvalue weighted by Crippen LogP contribution is 2.24. The van der Waals surface area contributed by atoms with E-state index in [1.54, 1.807) is 16.8 Å². The summed E-state index contributed by atoms with van der Waals surface area (Å²) >= 11 is 0. The molecule has 0 bridgehead atoms. The number of para-hydroxylation sites is 1. The molecule has 2 aromatic heterocycles. The van der Waals surface area contributed by atoms with Crippen molar-refractivity contribution in [3.63, 3.8) is 0 Å². The zero-order chi connectivity index (χ0) is 17.9. The largest absolute Gasteiger partial charge is 0.438 e. The molecule has 1 N–H and O–H groups in total. The molecule has 0 saturated heterocycles. The van der Waals surface area contributed by atoms with Crippen LogP contribution in [0.4, 0.5) is 10.2 Å². The topological polar surface area (TPSA) is 73.0 Å². The molecular formula is C19H15FN4O2. The van der Waals surface area contributed by atoms with E-state index < -0.39 is 12.6 Å². The van der Waals surface area contributed by atoms with E-state index in [0.717, 1.165) is 16.5 Å². The number of rotatable bonds is 5. The number of benzene rings is 2. The predicted octanol–water partition coefficient (Wildman–Crippen LogP) is 3.79. The fraction of sp³-hybridized carbons (Fsp3) is 0.105. The zero-order valence-corrected chi connectivity index (χ0v) is 13.7. The van der Waals surface area contributed by atoms with Crippen molar-refractivity contribution in [2.45, 2.75) is 13.2 Å². The highest BCUT2D eigenvalue weighted by molar-refractivity contribution is 6.06. The van der Waals surface area contributed by atoms with Crippen LogP contribution in [-0.2, 0) is 13.2 Å². The summed E-state index contributed by atoms with van der Waals surface area (Å²) in [7, 11) is 0. The quantitative estimate of drug-likeness (QED) is 0.594. The summed E-state index contributed by atoms with van der Waals surface area (Å²) in [6.07, 6.45) is 2.55. The van der Waals surface area contributed by atoms with Crippen LogP contribution in [0.2, 0.25) is 0 Å². The summed E-state index contributed by atoms with van der Waals surface area (Å²) < 4.78 is 19.5. The Labute approximate surface area is 148 Å². The van der Waals surface area contributed by atoms with Crippen LogP contribution in [0.3, 0.4) is 0 Å². The average molecular weight is 350 g/mol. The van der Waals surface area contributed by atoms with Gasteiger partial charge in [-0.15, -0.1) is 0 Å². The molecule has 0 unspecified atom stereocenters. The van der Waals surface area contributed by atoms with Gasteiger partial charge in [0, 0.05) is 5.39 Å². The Morgan fingerprint density at radius 3 is 2.62 bits per heavy atom. The van der Waals surface area contributed by atoms with E-state index in [1.807, 2.05) is 36.4 Å². The number of hydrogen-bond acceptors (Lipinski definition) is 4. The minimum absolute atomic E-state index is 0.116. The standard InChI is InChI=1S/C19H15FN4O2/c20-9-13-5-7-14(8-6-13)11-24-16-4-2-1-3-15(16)18(23-24)22-19(25)17-10-21-12-26-17/h1-8,10,12H,9,11H2,(H,22,23,25). The van der Waals surface area contributed by atoms with Crippen LogP contribution in [-0.4, -0.2) is 20.7 Å². The van der Waals surface area contributed by atoms with Crippen molar-refractivity contribution in [3.8, 4) is 0 Å². The molecule has 0 aliphatic carbocycles. The number of hydrogen-bond donors (Lipinski definition) is 1. The van der Waals surface area contributed by atoms with E-state index in [-0.39, 0.29) is 5.76 Å². The summed E-state index contributed by atoms with van der Waals surface area (Å²) in [5.41, 5.74) is 2.51. The zero-order valence-electron chi connectivity index (χ0n) is 13.7. The van der Waals surface area contributed by atoms with Crippen molar-refractivity contribution >= 4 is 22.6 Å². The molecule has 4 rings (SSSR count). The SMILES string of the molecule is O=C(Nc1nn(Cc2ccc(CF)cc2)c2ccccc12)c1cnco1. The van der Waals surface area contributed by atoms with E-state index in [1.165, 1.54) is 12.6 Å². The van der Waals surface area contributed by atoms with Crippen molar-refractivity contribution in [3.05, 3.63) is 78.0 Å². The van der Waals surface area contributed by atoms with E-state index in [2.05, 4.69) is 15.4 Å². The number of carbonyl (C=O) groups is 1. The van der Waals surface area contributed by atoms with Crippen LogP contribution >= 0.6 is 0 Å². The number of nitrogens with one attached hydrogen (secondary N) is 1. The average Bonchev–Trinajstić information content (AvgIpc) is 3.32. The Balaban J connectivity index is 1.66. The molecule has 6 nitrogen and oxygen atoms in total. The molecule has 1 amide bonds. The highest BCUT2D eigenvalue weighted by Gasteiger charge is 2.16. The Bertz CT molecular complexity index is 1040. The fourth-order valence-electron chi connectivity index (χ4n) is 2.74. The van der Waals surface area contributed by atoms with Crippen LogP contribution in [0.15, 0.2) is 65.5 Å². The first-order valence-electron chi connectivity index (χ1n) is 8.04. The lowest BCUT2D eigenvalue weighted by Crippen LogP contribution is -2.12. The summed E-state index contributed by atoms with van der Waals surface area (Å²) in [4.78, 5) is 16.0. The molecule has 130 valence electrons. The summed E-state index contributed by atoms with van der Waals surface area (Å²) in [6, 6.07) is 14.9. The smallest absolute Gasteiger partial charge is 0.294 e. The Kier molecular flexibility index (Phi) is 4.18. The van der Waals surface area contributed by atoms with Crippen LogP contribution in [0, 0.1) is 0 Å². The first kappa shape index (κ1) is 16.0. The molecule has 0 saturated carbocycles. The van der Waals surface area contributed by atoms with Gasteiger partial charge in [0.25, 0.3) is 5.91 Å². The van der Waals surface area contributed by atoms with Crippen LogP contribution in [0.25, 0.3) is 10.9 Å². The fourth-order valence-corrected chi connectivity index (χ4v) is 2.74. The number of amides is 1. The Morgan fingerprint density at radius 1 is 1.12 bits per heavy atom. The number of oxazole rings is 1. The van der Waals surface area contributed by atoms with Gasteiger partial charge in [0.1, 0.15) is 6.67 Å². The van der Waals surface area contributed by atoms with Crippen molar-refractivity contribution in [2.24, 2.45) is 0 Å². The second-order valence-electron chi connectivity index (χ2n) is 5.79. The minimum Gasteiger partial charge on any atom is -0.438 e. The Hall–Kier alpha value is -3.48. The number of aromatic nitrogens is 3. The maximum atomic E-state index is 12.7. The van der Waals surface area contributed by atoms with Crippen LogP contribution in [0.1, 0.15) is 21.7 Å². The summed E-state index contributed by atoms with van der Waals surface area (Å²) in [5.74, 6) is 0.151. The molecule has 0 radical (unpaired) electrons. The molecule has 2 aromatic carbocycles. The van der Waals surface area contributed by atoms with E-state index >= 15 is 0 Å². The number of nitrogens with zero attached hydrogens (tertiary/aromatic N) is 3. The van der Waals surface area contributed by atoms with Crippen molar-refractivity contribution in [2.75, 3.05) is 5.32 Å². The molecule has 0 atom stereocenters. The number of halogens is 1. The third-order valence-electron chi connectivity index (χ3n) is 4.06. The lowest BCUT2D eigenvalue weighted by Gasteiger charge is -2.04. The van der Waals surface area contributed by atoms with Crippen molar-refractivity contribution in [1.82, 2.24) is 14.8 Å². The lowest BCUT2D eigenvalue weighted by molar-refractivity contribution is 0.0996. The predicted molar refractivity (Wildman–Crippen MR) is 94.5 cm³/mol. The minimum atomic E-state index is -0.483. The third kappa shape index (κ3) is 3.06. The summed E-state index contributed by atoms with van der Waals surface area (Å²) in [5, 5.41) is 8.10. The second kappa shape index (κ2) is 6.79. The van der Waals surface area contributed by atoms with Gasteiger partial charge in [-0.25, -0.2) is 9.37 Å². The first-order valence-corrected chi connectivity index (χ1v) is 8.04. The molecule has 4 aromatic rings. The third-order valence-corrected chi connectivity index (χ3v) is 4.06. The van der Waals surface area contributed by atoms with Gasteiger partial charge in [0.05, 0.1) is 18.3 Å². The van der Waals surface area contributed by atoms with Gasteiger partial charge in [-0.2, -0.15) is 5.10 Å². The van der Waals surface area contributed by atoms with Gasteiger partial charge in [0.2, 0.25) is 5.76 Å². The maximum absolute atomic E-state index is 12.7. The monoisotopic (exact) mass is 350 g/mol. The van der Waals surface area contributed by atoms with E-state index in [9.17, 15) is 9.18 Å². The number of alkyl halides is 1. The highest BCUT2D eigenvalue weighted by atomic mass is 19.1. The molecule has 0 spiro atoms. The van der Waals surface area contributed by atoms with Gasteiger partial charge in [-0.3, -0.25) is 9.48 Å². The molecule has 0 aliphatic rings. The maximum Gasteiger partial charge on any atom is 0.294 e. The Morgan fingerprint density at radius 2 is 1.88 bits per heavy atom. The molecule has 0 fully saturated rings. The van der Waals surface area contributed by atoms with Gasteiger partial charge < -0.3 is 9.73 Å². The first-order chi connectivity index (χ1) is 12.7. The molecule has 2 heterocycles. The molecule has 26 heavy (non-hydrogen) atoms. The number of fused-ring (bicyclic) bond motifs is 1. The molecule has 0 aliphatic heterocycles. The van der Waals surface area contributed by atoms with E-state index in [0.29, 0.717) is 17.9 Å². The van der Waals surface area contributed by atoms with Gasteiger partial charge in [0.15, 0.2) is 12.2 Å². The van der Waals surface area contributed by atoms with Crippen LogP contribution < -0.4 is 5.32 Å². The van der Waals surface area contributed by atoms with Gasteiger partial charge in [-0.1, -0.05) is 36.4 Å². The van der Waals surface area contributed by atoms with Crippen molar-refractivity contribution in [1.29, 1.82) is 0 Å². The van der Waals surface area contributed by atoms with Gasteiger partial charge >= 0.3 is 0 Å². The molecule has 7 heteroatoms. The molecular weight excluding hydrogens is 335 g/mol. The van der Waals surface area contributed by atoms with Gasteiger partial charge in [-0.05, 0) is 23.3 Å². The van der Waals surface area contributed by atoms with Crippen molar-refractivity contribution < 1.29 is 13.6 Å². The second-order valence-corrected chi connectivity index (χ2v) is 5.79.